The number of para-hydroxylation sites is 1. The molecule has 2 aromatic rings. The fourth-order valence-electron chi connectivity index (χ4n) is 4.08. The van der Waals surface area contributed by atoms with Crippen LogP contribution in [0.5, 0.6) is 0 Å². The molecular formula is C26H36N6O8. The number of nitrogens with one attached hydrogen (secondary N) is 4. The number of carbonyl (C=O) groups is 6. The molecular weight excluding hydrogens is 524 g/mol. The topological polar surface area (TPSA) is 247 Å². The molecule has 4 unspecified atom stereocenters. The predicted octanol–water partition coefficient (Wildman–Crippen LogP) is -0.637. The number of nitrogens with two attached hydrogens (primary N) is 2. The zero-order valence-electron chi connectivity index (χ0n) is 22.3. The van der Waals surface area contributed by atoms with Crippen molar-refractivity contribution in [2.45, 2.75) is 70.1 Å². The van der Waals surface area contributed by atoms with Crippen LogP contribution in [0.3, 0.4) is 0 Å². The summed E-state index contributed by atoms with van der Waals surface area (Å²) in [5.74, 6) is -5.96. The Hall–Kier alpha value is -4.46. The molecule has 0 aliphatic rings. The van der Waals surface area contributed by atoms with E-state index < -0.39 is 66.2 Å². The van der Waals surface area contributed by atoms with Gasteiger partial charge in [0, 0.05) is 29.9 Å². The molecule has 4 atom stereocenters. The van der Waals surface area contributed by atoms with Gasteiger partial charge in [0.25, 0.3) is 0 Å². The lowest BCUT2D eigenvalue weighted by Gasteiger charge is -2.25. The van der Waals surface area contributed by atoms with Crippen molar-refractivity contribution in [2.24, 2.45) is 17.4 Å². The third-order valence-electron chi connectivity index (χ3n) is 6.10. The van der Waals surface area contributed by atoms with Crippen LogP contribution in [0.4, 0.5) is 0 Å². The van der Waals surface area contributed by atoms with E-state index in [0.717, 1.165) is 10.9 Å². The van der Waals surface area contributed by atoms with Crippen molar-refractivity contribution in [1.82, 2.24) is 20.9 Å². The van der Waals surface area contributed by atoms with E-state index in [2.05, 4.69) is 20.9 Å². The number of carboxylic acids is 2. The summed E-state index contributed by atoms with van der Waals surface area (Å²) in [7, 11) is 0. The largest absolute Gasteiger partial charge is 0.481 e. The highest BCUT2D eigenvalue weighted by molar-refractivity contribution is 5.95. The van der Waals surface area contributed by atoms with Gasteiger partial charge < -0.3 is 42.6 Å². The Labute approximate surface area is 230 Å². The number of aromatic amines is 1. The zero-order chi connectivity index (χ0) is 30.0. The fraction of sp³-hybridized carbons (Fsp3) is 0.462. The maximum absolute atomic E-state index is 13.3. The Morgan fingerprint density at radius 1 is 0.900 bits per heavy atom. The third kappa shape index (κ3) is 9.69. The average Bonchev–Trinajstić information content (AvgIpc) is 3.27. The van der Waals surface area contributed by atoms with Gasteiger partial charge in [0.05, 0.1) is 12.5 Å². The van der Waals surface area contributed by atoms with Crippen molar-refractivity contribution in [2.75, 3.05) is 0 Å². The molecule has 0 radical (unpaired) electrons. The number of hydrogen-bond donors (Lipinski definition) is 8. The number of H-pyrrole nitrogens is 1. The molecule has 40 heavy (non-hydrogen) atoms. The number of carbonyl (C=O) groups excluding carboxylic acids is 4. The van der Waals surface area contributed by atoms with Gasteiger partial charge in [0.1, 0.15) is 18.1 Å². The minimum absolute atomic E-state index is 0.0371. The number of rotatable bonds is 16. The van der Waals surface area contributed by atoms with Crippen LogP contribution in [-0.2, 0) is 35.2 Å². The number of primary amides is 1. The lowest BCUT2D eigenvalue weighted by atomic mass is 10.0. The summed E-state index contributed by atoms with van der Waals surface area (Å²) in [6, 6.07) is 1.91. The molecule has 1 heterocycles. The van der Waals surface area contributed by atoms with Crippen LogP contribution >= 0.6 is 0 Å². The van der Waals surface area contributed by atoms with Crippen molar-refractivity contribution in [1.29, 1.82) is 0 Å². The van der Waals surface area contributed by atoms with Gasteiger partial charge in [0.15, 0.2) is 0 Å². The van der Waals surface area contributed by atoms with Gasteiger partial charge in [-0.05, 0) is 30.4 Å². The number of carboxylic acid groups (broad SMARTS) is 2. The van der Waals surface area contributed by atoms with E-state index in [0.29, 0.717) is 5.56 Å². The van der Waals surface area contributed by atoms with Crippen LogP contribution in [0, 0.1) is 5.92 Å². The van der Waals surface area contributed by atoms with Crippen LogP contribution in [-0.4, -0.2) is 74.9 Å². The molecule has 218 valence electrons. The Morgan fingerprint density at radius 2 is 1.50 bits per heavy atom. The van der Waals surface area contributed by atoms with E-state index in [1.807, 2.05) is 18.2 Å². The monoisotopic (exact) mass is 560 g/mol. The first kappa shape index (κ1) is 31.8. The van der Waals surface area contributed by atoms with Crippen LogP contribution in [0.1, 0.15) is 45.1 Å². The summed E-state index contributed by atoms with van der Waals surface area (Å²) in [4.78, 5) is 76.2. The second-order valence-electron chi connectivity index (χ2n) is 9.92. The summed E-state index contributed by atoms with van der Waals surface area (Å²) in [6.07, 6.45) is 0.518. The molecule has 0 fully saturated rings. The summed E-state index contributed by atoms with van der Waals surface area (Å²) in [5.41, 5.74) is 12.2. The minimum atomic E-state index is -1.47. The van der Waals surface area contributed by atoms with E-state index in [1.54, 1.807) is 26.1 Å². The molecule has 0 aliphatic carbocycles. The lowest BCUT2D eigenvalue weighted by Crippen LogP contribution is -2.58. The quantitative estimate of drug-likeness (QED) is 0.130. The standard InChI is InChI=1S/C26H36N6O8/c1-13(2)9-20(26(39)40)32-25(38)19(10-14-12-29-17-6-4-3-5-15(14)17)31-24(37)18(7-8-21(28)33)30-23(36)16(27)11-22(34)35/h3-6,12-13,16,18-20,29H,7-11,27H2,1-2H3,(H2,28,33)(H,30,36)(H,31,37)(H,32,38)(H,34,35)(H,39,40). The van der Waals surface area contributed by atoms with Gasteiger partial charge in [-0.2, -0.15) is 0 Å². The van der Waals surface area contributed by atoms with Gasteiger partial charge >= 0.3 is 11.9 Å². The SMILES string of the molecule is CC(C)CC(NC(=O)C(Cc1c[nH]c2ccccc12)NC(=O)C(CCC(N)=O)NC(=O)C(N)CC(=O)O)C(=O)O. The van der Waals surface area contributed by atoms with Gasteiger partial charge in [-0.1, -0.05) is 32.0 Å². The van der Waals surface area contributed by atoms with Crippen LogP contribution in [0.15, 0.2) is 30.5 Å². The second kappa shape index (κ2) is 14.6. The minimum Gasteiger partial charge on any atom is -0.481 e. The number of hydrogen-bond acceptors (Lipinski definition) is 7. The van der Waals surface area contributed by atoms with Crippen molar-refractivity contribution < 1.29 is 39.0 Å². The van der Waals surface area contributed by atoms with Crippen molar-refractivity contribution in [3.05, 3.63) is 36.0 Å². The molecule has 4 amide bonds. The van der Waals surface area contributed by atoms with Gasteiger partial charge in [-0.25, -0.2) is 4.79 Å². The van der Waals surface area contributed by atoms with E-state index in [1.165, 1.54) is 0 Å². The van der Waals surface area contributed by atoms with Gasteiger partial charge in [-0.15, -0.1) is 0 Å². The highest BCUT2D eigenvalue weighted by Gasteiger charge is 2.31. The molecule has 0 spiro atoms. The number of aliphatic carboxylic acids is 2. The summed E-state index contributed by atoms with van der Waals surface area (Å²) >= 11 is 0. The molecule has 1 aromatic carbocycles. The predicted molar refractivity (Wildman–Crippen MR) is 144 cm³/mol. The molecule has 14 heteroatoms. The smallest absolute Gasteiger partial charge is 0.326 e. The van der Waals surface area contributed by atoms with E-state index in [9.17, 15) is 33.9 Å². The van der Waals surface area contributed by atoms with Crippen LogP contribution < -0.4 is 27.4 Å². The molecule has 2 rings (SSSR count). The molecule has 0 saturated carbocycles. The van der Waals surface area contributed by atoms with Crippen molar-refractivity contribution in [3.8, 4) is 0 Å². The molecule has 1 aromatic heterocycles. The van der Waals surface area contributed by atoms with Crippen molar-refractivity contribution in [3.63, 3.8) is 0 Å². The maximum atomic E-state index is 13.3. The summed E-state index contributed by atoms with van der Waals surface area (Å²) < 4.78 is 0. The number of benzene rings is 1. The Kier molecular flexibility index (Phi) is 11.6. The Bertz CT molecular complexity index is 1240. The molecule has 14 nitrogen and oxygen atoms in total. The van der Waals surface area contributed by atoms with Gasteiger partial charge in [0.2, 0.25) is 23.6 Å². The molecule has 0 aliphatic heterocycles. The Balaban J connectivity index is 2.34. The first-order valence-electron chi connectivity index (χ1n) is 12.7. The van der Waals surface area contributed by atoms with E-state index in [4.69, 9.17) is 16.6 Å². The Morgan fingerprint density at radius 3 is 2.10 bits per heavy atom. The first-order chi connectivity index (χ1) is 18.8. The van der Waals surface area contributed by atoms with Gasteiger partial charge in [-0.3, -0.25) is 24.0 Å². The first-order valence-corrected chi connectivity index (χ1v) is 12.7. The summed E-state index contributed by atoms with van der Waals surface area (Å²) in [6.45, 7) is 3.60. The molecule has 0 saturated heterocycles. The van der Waals surface area contributed by atoms with Crippen LogP contribution in [0.25, 0.3) is 10.9 Å². The molecule has 0 bridgehead atoms. The second-order valence-corrected chi connectivity index (χ2v) is 9.92. The van der Waals surface area contributed by atoms with Crippen molar-refractivity contribution >= 4 is 46.5 Å². The average molecular weight is 561 g/mol. The summed E-state index contributed by atoms with van der Waals surface area (Å²) in [5, 5.41) is 26.6. The van der Waals surface area contributed by atoms with Crippen LogP contribution in [0.2, 0.25) is 0 Å². The number of aromatic nitrogens is 1. The number of fused-ring (bicyclic) bond motifs is 1. The highest BCUT2D eigenvalue weighted by atomic mass is 16.4. The highest BCUT2D eigenvalue weighted by Crippen LogP contribution is 2.19. The van der Waals surface area contributed by atoms with E-state index in [-0.39, 0.29) is 31.6 Å². The normalized spacial score (nSPS) is 14.1. The molecule has 10 N–H and O–H groups in total. The lowest BCUT2D eigenvalue weighted by molar-refractivity contribution is -0.142. The van der Waals surface area contributed by atoms with E-state index >= 15 is 0 Å². The zero-order valence-corrected chi connectivity index (χ0v) is 22.3. The maximum Gasteiger partial charge on any atom is 0.326 e. The third-order valence-corrected chi connectivity index (χ3v) is 6.10. The number of amides is 4. The fourth-order valence-corrected chi connectivity index (χ4v) is 4.08.